The number of para-hydroxylation sites is 2. The Bertz CT molecular complexity index is 1210. The second kappa shape index (κ2) is 7.48. The van der Waals surface area contributed by atoms with Crippen LogP contribution in [0.15, 0.2) is 60.8 Å². The van der Waals surface area contributed by atoms with Crippen LogP contribution in [0.1, 0.15) is 24.0 Å². The minimum Gasteiger partial charge on any atom is -0.355 e. The highest BCUT2D eigenvalue weighted by molar-refractivity contribution is 5.93. The zero-order chi connectivity index (χ0) is 20.7. The molecule has 4 aromatic rings. The lowest BCUT2D eigenvalue weighted by Crippen LogP contribution is -2.38. The first-order valence-electron chi connectivity index (χ1n) is 10.6. The smallest absolute Gasteiger partial charge is 0.227 e. The number of anilines is 2. The Labute approximate surface area is 176 Å². The lowest BCUT2D eigenvalue weighted by atomic mass is 9.95. The van der Waals surface area contributed by atoms with Gasteiger partial charge in [-0.15, -0.1) is 0 Å². The first-order chi connectivity index (χ1) is 14.6. The predicted molar refractivity (Wildman–Crippen MR) is 122 cm³/mol. The minimum atomic E-state index is 0.0327. The molecule has 1 amide bonds. The second-order valence-corrected chi connectivity index (χ2v) is 8.31. The van der Waals surface area contributed by atoms with E-state index in [9.17, 15) is 4.79 Å². The van der Waals surface area contributed by atoms with E-state index >= 15 is 0 Å². The number of carbonyl (C=O) groups excluding carboxylic acids is 1. The third kappa shape index (κ3) is 3.41. The van der Waals surface area contributed by atoms with Crippen LogP contribution in [0, 0.1) is 19.8 Å². The Morgan fingerprint density at radius 1 is 0.967 bits per heavy atom. The molecule has 1 aliphatic rings. The van der Waals surface area contributed by atoms with Gasteiger partial charge in [0, 0.05) is 30.9 Å². The average molecular weight is 399 g/mol. The van der Waals surface area contributed by atoms with Crippen LogP contribution in [-0.2, 0) is 4.79 Å². The topological polar surface area (TPSA) is 49.6 Å². The van der Waals surface area contributed by atoms with E-state index in [0.29, 0.717) is 0 Å². The fourth-order valence-electron chi connectivity index (χ4n) is 4.58. The van der Waals surface area contributed by atoms with Crippen molar-refractivity contribution >= 4 is 34.0 Å². The summed E-state index contributed by atoms with van der Waals surface area (Å²) >= 11 is 0. The average Bonchev–Trinajstić information content (AvgIpc) is 3.23. The van der Waals surface area contributed by atoms with E-state index in [0.717, 1.165) is 54.0 Å². The number of aryl methyl sites for hydroxylation is 2. The van der Waals surface area contributed by atoms with Crippen LogP contribution in [-0.4, -0.2) is 28.4 Å². The van der Waals surface area contributed by atoms with Crippen molar-refractivity contribution < 1.29 is 4.79 Å². The van der Waals surface area contributed by atoms with Crippen LogP contribution in [0.2, 0.25) is 0 Å². The van der Waals surface area contributed by atoms with Gasteiger partial charge >= 0.3 is 0 Å². The van der Waals surface area contributed by atoms with Crippen molar-refractivity contribution in [2.24, 2.45) is 5.92 Å². The van der Waals surface area contributed by atoms with Crippen molar-refractivity contribution in [3.8, 4) is 0 Å². The Kier molecular flexibility index (Phi) is 4.66. The third-order valence-electron chi connectivity index (χ3n) is 6.00. The second-order valence-electron chi connectivity index (χ2n) is 8.31. The van der Waals surface area contributed by atoms with Crippen LogP contribution in [0.4, 0.5) is 11.5 Å². The normalized spacial score (nSPS) is 15.1. The maximum Gasteiger partial charge on any atom is 0.227 e. The van der Waals surface area contributed by atoms with Crippen molar-refractivity contribution in [1.29, 1.82) is 0 Å². The van der Waals surface area contributed by atoms with Crippen LogP contribution in [0.25, 0.3) is 16.6 Å². The van der Waals surface area contributed by atoms with Gasteiger partial charge in [-0.25, -0.2) is 4.98 Å². The molecule has 5 rings (SSSR count). The van der Waals surface area contributed by atoms with Gasteiger partial charge in [0.1, 0.15) is 0 Å². The van der Waals surface area contributed by atoms with Crippen molar-refractivity contribution in [2.45, 2.75) is 26.7 Å². The number of fused-ring (bicyclic) bond motifs is 3. The Morgan fingerprint density at radius 3 is 2.43 bits per heavy atom. The summed E-state index contributed by atoms with van der Waals surface area (Å²) in [6, 6.07) is 18.6. The molecule has 1 fully saturated rings. The number of rotatable bonds is 3. The van der Waals surface area contributed by atoms with Gasteiger partial charge in [0.25, 0.3) is 0 Å². The van der Waals surface area contributed by atoms with Crippen LogP contribution in [0.5, 0.6) is 0 Å². The maximum absolute atomic E-state index is 12.8. The van der Waals surface area contributed by atoms with Gasteiger partial charge in [-0.1, -0.05) is 18.2 Å². The van der Waals surface area contributed by atoms with E-state index in [-0.39, 0.29) is 11.8 Å². The first-order valence-corrected chi connectivity index (χ1v) is 10.6. The molecule has 3 heterocycles. The van der Waals surface area contributed by atoms with Crippen LogP contribution in [0.3, 0.4) is 0 Å². The number of aromatic nitrogens is 2. The molecule has 0 spiro atoms. The molecular formula is C25H26N4O. The lowest BCUT2D eigenvalue weighted by Gasteiger charge is -2.32. The lowest BCUT2D eigenvalue weighted by molar-refractivity contribution is -0.120. The monoisotopic (exact) mass is 398 g/mol. The van der Waals surface area contributed by atoms with E-state index in [1.807, 2.05) is 24.3 Å². The van der Waals surface area contributed by atoms with Gasteiger partial charge in [0.15, 0.2) is 5.82 Å². The zero-order valence-corrected chi connectivity index (χ0v) is 17.4. The molecule has 1 aliphatic heterocycles. The molecular weight excluding hydrogens is 372 g/mol. The molecule has 1 N–H and O–H groups in total. The van der Waals surface area contributed by atoms with Gasteiger partial charge in [-0.05, 0) is 74.2 Å². The van der Waals surface area contributed by atoms with Gasteiger partial charge < -0.3 is 14.6 Å². The molecule has 0 unspecified atom stereocenters. The fourth-order valence-corrected chi connectivity index (χ4v) is 4.58. The van der Waals surface area contributed by atoms with Crippen molar-refractivity contribution in [2.75, 3.05) is 23.3 Å². The summed E-state index contributed by atoms with van der Waals surface area (Å²) in [6.45, 7) is 5.77. The molecule has 0 bridgehead atoms. The van der Waals surface area contributed by atoms with Gasteiger partial charge in [0.05, 0.1) is 16.6 Å². The highest BCUT2D eigenvalue weighted by Gasteiger charge is 2.27. The van der Waals surface area contributed by atoms with E-state index in [1.165, 1.54) is 11.1 Å². The molecule has 5 nitrogen and oxygen atoms in total. The number of benzene rings is 2. The highest BCUT2D eigenvalue weighted by Crippen LogP contribution is 2.29. The van der Waals surface area contributed by atoms with Gasteiger partial charge in [-0.3, -0.25) is 4.79 Å². The third-order valence-corrected chi connectivity index (χ3v) is 6.00. The zero-order valence-electron chi connectivity index (χ0n) is 17.4. The molecule has 30 heavy (non-hydrogen) atoms. The molecule has 0 atom stereocenters. The molecule has 0 radical (unpaired) electrons. The molecule has 0 aliphatic carbocycles. The van der Waals surface area contributed by atoms with Crippen LogP contribution >= 0.6 is 0 Å². The maximum atomic E-state index is 12.8. The molecule has 5 heteroatoms. The van der Waals surface area contributed by atoms with Crippen molar-refractivity contribution in [3.05, 3.63) is 71.9 Å². The standard InChI is InChI=1S/C25H26N4O/c1-17-14-18(2)16-20(15-17)26-25(30)19-9-12-28(13-10-19)24-23-8-5-11-29(23)22-7-4-3-6-21(22)27-24/h3-8,11,14-16,19H,9-10,12-13H2,1-2H3,(H,26,30). The molecule has 152 valence electrons. The Balaban J connectivity index is 1.33. The van der Waals surface area contributed by atoms with E-state index in [1.54, 1.807) is 0 Å². The number of nitrogens with one attached hydrogen (secondary N) is 1. The first kappa shape index (κ1) is 18.7. The minimum absolute atomic E-state index is 0.0327. The fraction of sp³-hybridized carbons (Fsp3) is 0.280. The number of carbonyl (C=O) groups is 1. The molecule has 0 saturated carbocycles. The van der Waals surface area contributed by atoms with E-state index in [4.69, 9.17) is 4.98 Å². The SMILES string of the molecule is Cc1cc(C)cc(NC(=O)C2CCN(c3nc4ccccc4n4cccc34)CC2)c1. The number of hydrogen-bond donors (Lipinski definition) is 1. The van der Waals surface area contributed by atoms with Gasteiger partial charge in [0.2, 0.25) is 5.91 Å². The number of nitrogens with zero attached hydrogens (tertiary/aromatic N) is 3. The summed E-state index contributed by atoms with van der Waals surface area (Å²) in [7, 11) is 0. The quantitative estimate of drug-likeness (QED) is 0.531. The summed E-state index contributed by atoms with van der Waals surface area (Å²) in [5.41, 5.74) is 6.45. The largest absolute Gasteiger partial charge is 0.355 e. The summed E-state index contributed by atoms with van der Waals surface area (Å²) in [4.78, 5) is 20.1. The van der Waals surface area contributed by atoms with Crippen molar-refractivity contribution in [1.82, 2.24) is 9.38 Å². The van der Waals surface area contributed by atoms with Crippen LogP contribution < -0.4 is 10.2 Å². The number of piperidine rings is 1. The summed E-state index contributed by atoms with van der Waals surface area (Å²) in [6.07, 6.45) is 3.75. The number of amides is 1. The number of hydrogen-bond acceptors (Lipinski definition) is 3. The van der Waals surface area contributed by atoms with E-state index < -0.39 is 0 Å². The molecule has 2 aromatic heterocycles. The Morgan fingerprint density at radius 2 is 1.67 bits per heavy atom. The summed E-state index contributed by atoms with van der Waals surface area (Å²) in [5, 5.41) is 3.12. The predicted octanol–water partition coefficient (Wildman–Crippen LogP) is 4.96. The summed E-state index contributed by atoms with van der Waals surface area (Å²) in [5.74, 6) is 1.16. The molecule has 2 aromatic carbocycles. The molecule has 1 saturated heterocycles. The van der Waals surface area contributed by atoms with Gasteiger partial charge in [-0.2, -0.15) is 0 Å². The highest BCUT2D eigenvalue weighted by atomic mass is 16.1. The Hall–Kier alpha value is -3.34. The van der Waals surface area contributed by atoms with E-state index in [2.05, 4.69) is 65.0 Å². The summed E-state index contributed by atoms with van der Waals surface area (Å²) < 4.78 is 2.20. The van der Waals surface area contributed by atoms with Crippen molar-refractivity contribution in [3.63, 3.8) is 0 Å².